The number of fused-ring (bicyclic) bond motifs is 1. The summed E-state index contributed by atoms with van der Waals surface area (Å²) in [7, 11) is 0. The van der Waals surface area contributed by atoms with E-state index in [4.69, 9.17) is 0 Å². The Bertz CT molecular complexity index is 1170. The molecule has 7 heteroatoms. The molecule has 0 atom stereocenters. The van der Waals surface area contributed by atoms with Crippen LogP contribution in [0.2, 0.25) is 0 Å². The van der Waals surface area contributed by atoms with Gasteiger partial charge in [-0.15, -0.1) is 0 Å². The predicted octanol–water partition coefficient (Wildman–Crippen LogP) is 4.32. The first kappa shape index (κ1) is 17.8. The monoisotopic (exact) mass is 378 g/mol. The number of benzene rings is 2. The van der Waals surface area contributed by atoms with Gasteiger partial charge in [-0.05, 0) is 36.2 Å². The highest BCUT2D eigenvalue weighted by Gasteiger charge is 2.16. The number of pyridine rings is 1. The highest BCUT2D eigenvalue weighted by molar-refractivity contribution is 5.96. The Morgan fingerprint density at radius 1 is 1.11 bits per heavy atom. The fourth-order valence-electron chi connectivity index (χ4n) is 3.17. The lowest BCUT2D eigenvalue weighted by molar-refractivity contribution is -0.116. The van der Waals surface area contributed by atoms with Gasteiger partial charge in [0.2, 0.25) is 5.91 Å². The molecule has 4 aromatic rings. The smallest absolute Gasteiger partial charge is 0.246 e. The van der Waals surface area contributed by atoms with E-state index in [1.165, 1.54) is 10.7 Å². The van der Waals surface area contributed by atoms with Crippen LogP contribution in [0.5, 0.6) is 0 Å². The molecule has 0 unspecified atom stereocenters. The number of rotatable bonds is 4. The Kier molecular flexibility index (Phi) is 4.57. The molecule has 2 aromatic carbocycles. The number of hydrogen-bond acceptors (Lipinski definition) is 3. The molecule has 4 rings (SSSR count). The highest BCUT2D eigenvalue weighted by atomic mass is 19.1. The van der Waals surface area contributed by atoms with E-state index in [2.05, 4.69) is 15.4 Å². The van der Waals surface area contributed by atoms with Crippen LogP contribution in [0.15, 0.2) is 60.8 Å². The molecule has 0 saturated heterocycles. The van der Waals surface area contributed by atoms with Gasteiger partial charge in [-0.1, -0.05) is 30.3 Å². The lowest BCUT2D eigenvalue weighted by atomic mass is 10.0. The van der Waals surface area contributed by atoms with Crippen molar-refractivity contribution in [2.45, 2.75) is 13.5 Å². The molecular formula is C21H16F2N4O. The molecule has 1 N–H and O–H groups in total. The van der Waals surface area contributed by atoms with Crippen molar-refractivity contribution in [1.29, 1.82) is 0 Å². The molecular weight excluding hydrogens is 362 g/mol. The first-order valence-corrected chi connectivity index (χ1v) is 8.65. The van der Waals surface area contributed by atoms with Crippen molar-refractivity contribution >= 4 is 22.6 Å². The third-order valence-electron chi connectivity index (χ3n) is 4.39. The number of nitrogens with zero attached hydrogens (tertiary/aromatic N) is 3. The summed E-state index contributed by atoms with van der Waals surface area (Å²) in [5, 5.41) is 7.73. The Labute approximate surface area is 159 Å². The van der Waals surface area contributed by atoms with Gasteiger partial charge in [0.1, 0.15) is 18.2 Å². The van der Waals surface area contributed by atoms with Gasteiger partial charge >= 0.3 is 0 Å². The number of carbonyl (C=O) groups excluding carboxylic acids is 1. The highest BCUT2D eigenvalue weighted by Crippen LogP contribution is 2.29. The molecule has 0 aliphatic rings. The molecule has 2 aromatic heterocycles. The summed E-state index contributed by atoms with van der Waals surface area (Å²) in [6.45, 7) is 1.71. The van der Waals surface area contributed by atoms with Gasteiger partial charge < -0.3 is 5.32 Å². The molecule has 0 saturated carbocycles. The third-order valence-corrected chi connectivity index (χ3v) is 4.39. The molecule has 5 nitrogen and oxygen atoms in total. The molecule has 0 fully saturated rings. The maximum absolute atomic E-state index is 13.8. The number of aryl methyl sites for hydroxylation is 1. The maximum atomic E-state index is 13.8. The summed E-state index contributed by atoms with van der Waals surface area (Å²) in [4.78, 5) is 16.7. The lowest BCUT2D eigenvalue weighted by Crippen LogP contribution is -2.20. The average molecular weight is 378 g/mol. The van der Waals surface area contributed by atoms with Gasteiger partial charge in [0.05, 0.1) is 11.4 Å². The Balaban J connectivity index is 1.65. The van der Waals surface area contributed by atoms with Crippen molar-refractivity contribution in [3.8, 4) is 11.1 Å². The molecule has 0 radical (unpaired) electrons. The fourth-order valence-corrected chi connectivity index (χ4v) is 3.17. The van der Waals surface area contributed by atoms with E-state index in [-0.39, 0.29) is 12.2 Å². The van der Waals surface area contributed by atoms with Crippen molar-refractivity contribution in [1.82, 2.24) is 14.8 Å². The molecule has 28 heavy (non-hydrogen) atoms. The largest absolute Gasteiger partial charge is 0.322 e. The van der Waals surface area contributed by atoms with Crippen LogP contribution in [0.4, 0.5) is 14.5 Å². The Morgan fingerprint density at radius 2 is 1.89 bits per heavy atom. The minimum atomic E-state index is -0.834. The second-order valence-corrected chi connectivity index (χ2v) is 6.34. The number of anilines is 1. The number of nitrogens with one attached hydrogen (secondary N) is 1. The minimum absolute atomic E-state index is 0.0856. The summed E-state index contributed by atoms with van der Waals surface area (Å²) < 4.78 is 28.2. The first-order valence-electron chi connectivity index (χ1n) is 8.65. The Morgan fingerprint density at radius 3 is 2.64 bits per heavy atom. The second kappa shape index (κ2) is 7.19. The maximum Gasteiger partial charge on any atom is 0.246 e. The summed E-state index contributed by atoms with van der Waals surface area (Å²) in [6, 6.07) is 14.7. The van der Waals surface area contributed by atoms with Crippen LogP contribution in [-0.2, 0) is 11.3 Å². The Hall–Kier alpha value is -3.61. The van der Waals surface area contributed by atoms with Crippen molar-refractivity contribution in [3.63, 3.8) is 0 Å². The fraction of sp³-hybridized carbons (Fsp3) is 0.0952. The predicted molar refractivity (Wildman–Crippen MR) is 103 cm³/mol. The summed E-state index contributed by atoms with van der Waals surface area (Å²) >= 11 is 0. The van der Waals surface area contributed by atoms with E-state index in [1.807, 2.05) is 43.3 Å². The van der Waals surface area contributed by atoms with Crippen molar-refractivity contribution in [3.05, 3.63) is 78.1 Å². The number of halogens is 2. The topological polar surface area (TPSA) is 59.8 Å². The molecule has 1 amide bonds. The first-order chi connectivity index (χ1) is 13.5. The van der Waals surface area contributed by atoms with Gasteiger partial charge in [-0.3, -0.25) is 4.79 Å². The van der Waals surface area contributed by atoms with E-state index in [0.29, 0.717) is 5.65 Å². The van der Waals surface area contributed by atoms with E-state index in [1.54, 1.807) is 6.20 Å². The van der Waals surface area contributed by atoms with Crippen molar-refractivity contribution < 1.29 is 13.6 Å². The van der Waals surface area contributed by atoms with Crippen LogP contribution in [-0.4, -0.2) is 20.7 Å². The van der Waals surface area contributed by atoms with Crippen LogP contribution in [0.3, 0.4) is 0 Å². The summed E-state index contributed by atoms with van der Waals surface area (Å²) in [5.41, 5.74) is 3.21. The standard InChI is InChI=1S/C21H16F2N4O/c1-13-20-16(14-5-3-2-4-6-14)9-10-24-21(20)27(26-13)12-19(28)25-18-8-7-15(22)11-17(18)23/h2-11H,12H2,1H3,(H,25,28). The number of aromatic nitrogens is 3. The number of carbonyl (C=O) groups is 1. The SMILES string of the molecule is Cc1nn(CC(=O)Nc2ccc(F)cc2F)c2nccc(-c3ccccc3)c12. The average Bonchev–Trinajstić information content (AvgIpc) is 3.00. The van der Waals surface area contributed by atoms with Crippen LogP contribution in [0.1, 0.15) is 5.69 Å². The van der Waals surface area contributed by atoms with Crippen LogP contribution < -0.4 is 5.32 Å². The van der Waals surface area contributed by atoms with Crippen LogP contribution >= 0.6 is 0 Å². The summed E-state index contributed by atoms with van der Waals surface area (Å²) in [5.74, 6) is -2.02. The third kappa shape index (κ3) is 3.34. The minimum Gasteiger partial charge on any atom is -0.322 e. The van der Waals surface area contributed by atoms with Gasteiger partial charge in [0, 0.05) is 17.6 Å². The van der Waals surface area contributed by atoms with Crippen LogP contribution in [0, 0.1) is 18.6 Å². The van der Waals surface area contributed by atoms with Crippen molar-refractivity contribution in [2.75, 3.05) is 5.32 Å². The zero-order chi connectivity index (χ0) is 19.7. The second-order valence-electron chi connectivity index (χ2n) is 6.34. The van der Waals surface area contributed by atoms with E-state index >= 15 is 0 Å². The zero-order valence-electron chi connectivity index (χ0n) is 15.0. The van der Waals surface area contributed by atoms with Crippen molar-refractivity contribution in [2.24, 2.45) is 0 Å². The lowest BCUT2D eigenvalue weighted by Gasteiger charge is -2.07. The normalized spacial score (nSPS) is 11.0. The van der Waals surface area contributed by atoms with Crippen LogP contribution in [0.25, 0.3) is 22.2 Å². The zero-order valence-corrected chi connectivity index (χ0v) is 15.0. The number of hydrogen-bond donors (Lipinski definition) is 1. The molecule has 140 valence electrons. The number of amides is 1. The molecule has 0 aliphatic heterocycles. The van der Waals surface area contributed by atoms with Gasteiger partial charge in [-0.2, -0.15) is 5.10 Å². The van der Waals surface area contributed by atoms with Gasteiger partial charge in [0.15, 0.2) is 5.65 Å². The molecule has 2 heterocycles. The molecule has 0 aliphatic carbocycles. The van der Waals surface area contributed by atoms with E-state index in [0.717, 1.165) is 34.3 Å². The van der Waals surface area contributed by atoms with Gasteiger partial charge in [0.25, 0.3) is 0 Å². The summed E-state index contributed by atoms with van der Waals surface area (Å²) in [6.07, 6.45) is 1.67. The van der Waals surface area contributed by atoms with Gasteiger partial charge in [-0.25, -0.2) is 18.4 Å². The molecule has 0 bridgehead atoms. The van der Waals surface area contributed by atoms with E-state index < -0.39 is 17.5 Å². The quantitative estimate of drug-likeness (QED) is 0.575. The van der Waals surface area contributed by atoms with E-state index in [9.17, 15) is 13.6 Å². The molecule has 0 spiro atoms.